The molecule has 1 atom stereocenters. The highest BCUT2D eigenvalue weighted by Crippen LogP contribution is 2.26. The maximum atomic E-state index is 12.9. The van der Waals surface area contributed by atoms with Crippen LogP contribution in [0.1, 0.15) is 36.7 Å². The van der Waals surface area contributed by atoms with Gasteiger partial charge in [0, 0.05) is 24.0 Å². The van der Waals surface area contributed by atoms with Gasteiger partial charge in [-0.2, -0.15) is 4.31 Å². The van der Waals surface area contributed by atoms with Crippen molar-refractivity contribution in [3.8, 4) is 0 Å². The average molecular weight is 467 g/mol. The molecule has 0 unspecified atom stereocenters. The molecule has 1 amide bonds. The Morgan fingerprint density at radius 2 is 2.10 bits per heavy atom. The second-order valence-electron chi connectivity index (χ2n) is 6.89. The number of anilines is 1. The van der Waals surface area contributed by atoms with Crippen LogP contribution in [0.15, 0.2) is 53.2 Å². The quantitative estimate of drug-likeness (QED) is 0.373. The summed E-state index contributed by atoms with van der Waals surface area (Å²) in [7, 11) is -3.56. The number of nitrogens with zero attached hydrogens (tertiary/aromatic N) is 3. The Balaban J connectivity index is 1.74. The fourth-order valence-electron chi connectivity index (χ4n) is 3.18. The Labute approximate surface area is 186 Å². The first-order valence-corrected chi connectivity index (χ1v) is 12.3. The van der Waals surface area contributed by atoms with Crippen molar-refractivity contribution in [3.05, 3.63) is 53.8 Å². The summed E-state index contributed by atoms with van der Waals surface area (Å²) in [4.78, 5) is 21.1. The van der Waals surface area contributed by atoms with Gasteiger partial charge in [0.2, 0.25) is 10.0 Å². The number of carbonyl (C=O) groups excluding carboxylic acids is 1. The second-order valence-corrected chi connectivity index (χ2v) is 10.2. The van der Waals surface area contributed by atoms with Gasteiger partial charge in [-0.05, 0) is 44.0 Å². The summed E-state index contributed by atoms with van der Waals surface area (Å²) in [5.74, 6) is 0.108. The lowest BCUT2D eigenvalue weighted by molar-refractivity contribution is 0.102. The molecule has 0 spiro atoms. The lowest BCUT2D eigenvalue weighted by Gasteiger charge is -2.32. The Hall–Kier alpha value is -1.94. The molecule has 30 heavy (non-hydrogen) atoms. The topological polar surface area (TPSA) is 92.3 Å². The lowest BCUT2D eigenvalue weighted by atomic mass is 10.1. The number of hydrogen-bond acceptors (Lipinski definition) is 6. The van der Waals surface area contributed by atoms with Crippen molar-refractivity contribution in [2.75, 3.05) is 17.6 Å². The third-order valence-corrected chi connectivity index (χ3v) is 7.89. The molecule has 0 radical (unpaired) electrons. The van der Waals surface area contributed by atoms with E-state index in [0.717, 1.165) is 19.3 Å². The van der Waals surface area contributed by atoms with Gasteiger partial charge in [-0.3, -0.25) is 4.79 Å². The average Bonchev–Trinajstić information content (AvgIpc) is 2.73. The van der Waals surface area contributed by atoms with Crippen LogP contribution < -0.4 is 5.32 Å². The first-order chi connectivity index (χ1) is 14.3. The smallest absolute Gasteiger partial charge is 0.275 e. The van der Waals surface area contributed by atoms with Gasteiger partial charge < -0.3 is 5.32 Å². The minimum atomic E-state index is -3.56. The highest BCUT2D eigenvalue weighted by molar-refractivity contribution is 7.99. The predicted octanol–water partition coefficient (Wildman–Crippen LogP) is 4.22. The van der Waals surface area contributed by atoms with Crippen molar-refractivity contribution in [1.82, 2.24) is 14.3 Å². The van der Waals surface area contributed by atoms with E-state index in [1.807, 2.05) is 6.92 Å². The summed E-state index contributed by atoms with van der Waals surface area (Å²) in [5, 5.41) is 3.25. The molecule has 1 saturated heterocycles. The van der Waals surface area contributed by atoms with Gasteiger partial charge in [0.15, 0.2) is 10.9 Å². The summed E-state index contributed by atoms with van der Waals surface area (Å²) in [6.07, 6.45) is 5.86. The summed E-state index contributed by atoms with van der Waals surface area (Å²) in [5.41, 5.74) is 0.498. The number of nitrogens with one attached hydrogen (secondary N) is 1. The fourth-order valence-corrected chi connectivity index (χ4v) is 5.60. The van der Waals surface area contributed by atoms with Gasteiger partial charge in [0.05, 0.1) is 16.1 Å². The van der Waals surface area contributed by atoms with Crippen LogP contribution in [0.2, 0.25) is 5.02 Å². The number of halogens is 1. The van der Waals surface area contributed by atoms with Crippen LogP contribution in [0.25, 0.3) is 0 Å². The SMILES string of the molecule is C=CCSc1ncc(Cl)c(C(=O)Nc2ccc(S(=O)(=O)N3CCCC[C@H]3C)cc2)n1. The van der Waals surface area contributed by atoms with Crippen LogP contribution in [-0.2, 0) is 10.0 Å². The maximum absolute atomic E-state index is 12.9. The second kappa shape index (κ2) is 9.91. The molecule has 3 rings (SSSR count). The van der Waals surface area contributed by atoms with Gasteiger partial charge in [-0.1, -0.05) is 35.9 Å². The van der Waals surface area contributed by atoms with Crippen molar-refractivity contribution in [2.45, 2.75) is 42.3 Å². The number of sulfonamides is 1. The molecule has 7 nitrogen and oxygen atoms in total. The summed E-state index contributed by atoms with van der Waals surface area (Å²) >= 11 is 7.41. The molecule has 0 saturated carbocycles. The zero-order valence-electron chi connectivity index (χ0n) is 16.5. The van der Waals surface area contributed by atoms with Crippen LogP contribution in [-0.4, -0.2) is 46.9 Å². The Morgan fingerprint density at radius 3 is 2.77 bits per heavy atom. The highest BCUT2D eigenvalue weighted by Gasteiger charge is 2.30. The molecular formula is C20H23ClN4O3S2. The molecule has 0 bridgehead atoms. The van der Waals surface area contributed by atoms with E-state index < -0.39 is 15.9 Å². The minimum Gasteiger partial charge on any atom is -0.321 e. The number of amides is 1. The first-order valence-electron chi connectivity index (χ1n) is 9.52. The molecule has 10 heteroatoms. The number of piperidine rings is 1. The van der Waals surface area contributed by atoms with Gasteiger partial charge in [0.25, 0.3) is 5.91 Å². The monoisotopic (exact) mass is 466 g/mol. The van der Waals surface area contributed by atoms with Crippen LogP contribution in [0, 0.1) is 0 Å². The Kier molecular flexibility index (Phi) is 7.51. The van der Waals surface area contributed by atoms with Crippen molar-refractivity contribution >= 4 is 45.0 Å². The number of benzene rings is 1. The minimum absolute atomic E-state index is 0.0174. The molecule has 1 fully saturated rings. The van der Waals surface area contributed by atoms with Crippen LogP contribution in [0.5, 0.6) is 0 Å². The van der Waals surface area contributed by atoms with E-state index in [-0.39, 0.29) is 21.7 Å². The molecular weight excluding hydrogens is 444 g/mol. The summed E-state index contributed by atoms with van der Waals surface area (Å²) in [6.45, 7) is 6.09. The normalized spacial score (nSPS) is 17.5. The van der Waals surface area contributed by atoms with Crippen molar-refractivity contribution in [1.29, 1.82) is 0 Å². The molecule has 1 aliphatic rings. The zero-order valence-corrected chi connectivity index (χ0v) is 18.9. The van der Waals surface area contributed by atoms with Crippen molar-refractivity contribution in [2.24, 2.45) is 0 Å². The third kappa shape index (κ3) is 5.21. The van der Waals surface area contributed by atoms with Gasteiger partial charge in [-0.25, -0.2) is 18.4 Å². The van der Waals surface area contributed by atoms with E-state index in [1.54, 1.807) is 22.5 Å². The van der Waals surface area contributed by atoms with E-state index in [4.69, 9.17) is 11.6 Å². The molecule has 1 aliphatic heterocycles. The van der Waals surface area contributed by atoms with Gasteiger partial charge in [-0.15, -0.1) is 6.58 Å². The fraction of sp³-hybridized carbons (Fsp3) is 0.350. The Morgan fingerprint density at radius 1 is 1.37 bits per heavy atom. The molecule has 160 valence electrons. The largest absolute Gasteiger partial charge is 0.321 e. The highest BCUT2D eigenvalue weighted by atomic mass is 35.5. The number of hydrogen-bond donors (Lipinski definition) is 1. The van der Waals surface area contributed by atoms with Crippen molar-refractivity contribution in [3.63, 3.8) is 0 Å². The van der Waals surface area contributed by atoms with Gasteiger partial charge in [0.1, 0.15) is 0 Å². The van der Waals surface area contributed by atoms with Crippen LogP contribution in [0.3, 0.4) is 0 Å². The molecule has 0 aliphatic carbocycles. The molecule has 1 aromatic heterocycles. The maximum Gasteiger partial charge on any atom is 0.275 e. The summed E-state index contributed by atoms with van der Waals surface area (Å²) in [6, 6.07) is 6.10. The zero-order chi connectivity index (χ0) is 21.7. The van der Waals surface area contributed by atoms with E-state index in [2.05, 4.69) is 21.9 Å². The number of aromatic nitrogens is 2. The van der Waals surface area contributed by atoms with E-state index in [9.17, 15) is 13.2 Å². The number of rotatable bonds is 7. The predicted molar refractivity (Wildman–Crippen MR) is 120 cm³/mol. The summed E-state index contributed by atoms with van der Waals surface area (Å²) < 4.78 is 27.4. The molecule has 1 aromatic carbocycles. The molecule has 2 aromatic rings. The van der Waals surface area contributed by atoms with E-state index >= 15 is 0 Å². The van der Waals surface area contributed by atoms with Crippen LogP contribution >= 0.6 is 23.4 Å². The number of thioether (sulfide) groups is 1. The first kappa shape index (κ1) is 22.7. The Bertz CT molecular complexity index is 1030. The third-order valence-electron chi connectivity index (χ3n) is 4.73. The van der Waals surface area contributed by atoms with Gasteiger partial charge >= 0.3 is 0 Å². The van der Waals surface area contributed by atoms with E-state index in [0.29, 0.717) is 23.1 Å². The molecule has 1 N–H and O–H groups in total. The molecule has 2 heterocycles. The van der Waals surface area contributed by atoms with Crippen LogP contribution in [0.4, 0.5) is 5.69 Å². The lowest BCUT2D eigenvalue weighted by Crippen LogP contribution is -2.41. The standard InChI is InChI=1S/C20H23ClN4O3S2/c1-3-12-29-20-22-13-17(21)18(24-20)19(26)23-15-7-9-16(10-8-15)30(27,28)25-11-5-4-6-14(25)2/h3,7-10,13-14H,1,4-6,11-12H2,2H3,(H,23,26)/t14-/m1/s1. The van der Waals surface area contributed by atoms with E-state index in [1.165, 1.54) is 30.1 Å². The number of carbonyl (C=O) groups is 1. The van der Waals surface area contributed by atoms with Crippen molar-refractivity contribution < 1.29 is 13.2 Å².